The quantitative estimate of drug-likeness (QED) is 0.519. The fraction of sp³-hybridized carbons (Fsp3) is 0.696. The van der Waals surface area contributed by atoms with E-state index in [1.54, 1.807) is 0 Å². The minimum absolute atomic E-state index is 0.122. The van der Waals surface area contributed by atoms with Gasteiger partial charge in [-0.05, 0) is 69.6 Å². The molecule has 1 saturated heterocycles. The van der Waals surface area contributed by atoms with Crippen LogP contribution < -0.4 is 15.4 Å². The predicted molar refractivity (Wildman–Crippen MR) is 119 cm³/mol. The van der Waals surface area contributed by atoms with Gasteiger partial charge in [0.15, 0.2) is 5.82 Å². The highest BCUT2D eigenvalue weighted by atomic mass is 16.5. The highest BCUT2D eigenvalue weighted by molar-refractivity contribution is 5.55. The molecule has 4 saturated carbocycles. The summed E-state index contributed by atoms with van der Waals surface area (Å²) in [5.74, 6) is 4.03. The second-order valence-electron chi connectivity index (χ2n) is 10.3. The van der Waals surface area contributed by atoms with E-state index in [1.165, 1.54) is 12.8 Å². The van der Waals surface area contributed by atoms with Crippen molar-refractivity contribution in [2.45, 2.75) is 69.6 Å². The zero-order valence-corrected chi connectivity index (χ0v) is 18.5. The molecular weight excluding hydrogens is 408 g/mol. The van der Waals surface area contributed by atoms with Gasteiger partial charge in [0.05, 0.1) is 11.7 Å². The lowest BCUT2D eigenvalue weighted by atomic mass is 9.52. The molecule has 1 aliphatic heterocycles. The van der Waals surface area contributed by atoms with Gasteiger partial charge in [0.1, 0.15) is 12.4 Å². The standard InChI is InChI=1S/C23H32N6O3/c1-13-5-19(29-28-13)24-18-8-20(32-12-17-3-2-4-31-17)26-22(25-18)27-21-15-6-14-7-16(21)11-23(30,9-14)10-15/h5,8,14-17,21,30H,2-4,6-7,9-12H2,1H3,(H3,24,25,26,27,28,29)/t14?,15?,16?,17-,21?,23?/m0/s1. The second-order valence-corrected chi connectivity index (χ2v) is 10.3. The van der Waals surface area contributed by atoms with E-state index >= 15 is 0 Å². The van der Waals surface area contributed by atoms with Gasteiger partial charge in [-0.2, -0.15) is 15.1 Å². The molecule has 9 nitrogen and oxygen atoms in total. The number of aromatic nitrogens is 4. The van der Waals surface area contributed by atoms with Gasteiger partial charge in [0.25, 0.3) is 0 Å². The van der Waals surface area contributed by atoms with Gasteiger partial charge < -0.3 is 25.2 Å². The smallest absolute Gasteiger partial charge is 0.228 e. The number of rotatable bonds is 7. The van der Waals surface area contributed by atoms with Crippen molar-refractivity contribution in [2.75, 3.05) is 23.8 Å². The molecule has 4 aliphatic carbocycles. The van der Waals surface area contributed by atoms with Gasteiger partial charge in [0, 0.05) is 30.5 Å². The van der Waals surface area contributed by atoms with Crippen molar-refractivity contribution < 1.29 is 14.6 Å². The third-order valence-electron chi connectivity index (χ3n) is 7.64. The maximum Gasteiger partial charge on any atom is 0.228 e. The van der Waals surface area contributed by atoms with E-state index in [0.717, 1.165) is 44.4 Å². The van der Waals surface area contributed by atoms with E-state index in [-0.39, 0.29) is 6.10 Å². The Morgan fingerprint density at radius 1 is 1.19 bits per heavy atom. The molecule has 0 aromatic carbocycles. The highest BCUT2D eigenvalue weighted by Crippen LogP contribution is 2.56. The normalized spacial score (nSPS) is 35.2. The Balaban J connectivity index is 1.22. The Labute approximate surface area is 187 Å². The number of aromatic amines is 1. The number of hydrogen-bond donors (Lipinski definition) is 4. The van der Waals surface area contributed by atoms with Crippen LogP contribution in [0.4, 0.5) is 17.6 Å². The summed E-state index contributed by atoms with van der Waals surface area (Å²) in [5, 5.41) is 25.0. The molecule has 4 N–H and O–H groups in total. The maximum absolute atomic E-state index is 10.9. The molecular formula is C23H32N6O3. The molecule has 2 aromatic heterocycles. The van der Waals surface area contributed by atoms with Crippen molar-refractivity contribution in [1.82, 2.24) is 20.2 Å². The number of H-pyrrole nitrogens is 1. The van der Waals surface area contributed by atoms with Crippen molar-refractivity contribution in [3.63, 3.8) is 0 Å². The van der Waals surface area contributed by atoms with Crippen LogP contribution in [0.1, 0.15) is 50.6 Å². The van der Waals surface area contributed by atoms with Gasteiger partial charge in [-0.3, -0.25) is 5.10 Å². The second kappa shape index (κ2) is 7.88. The fourth-order valence-electron chi connectivity index (χ4n) is 6.56. The van der Waals surface area contributed by atoms with Crippen molar-refractivity contribution in [2.24, 2.45) is 17.8 Å². The van der Waals surface area contributed by atoms with Crippen LogP contribution in [0, 0.1) is 24.7 Å². The number of hydrogen-bond acceptors (Lipinski definition) is 8. The average molecular weight is 441 g/mol. The van der Waals surface area contributed by atoms with E-state index in [1.807, 2.05) is 19.1 Å². The monoisotopic (exact) mass is 440 g/mol. The molecule has 172 valence electrons. The average Bonchev–Trinajstić information content (AvgIpc) is 3.40. The lowest BCUT2D eigenvalue weighted by molar-refractivity contribution is -0.129. The molecule has 3 heterocycles. The Morgan fingerprint density at radius 2 is 2.03 bits per heavy atom. The van der Waals surface area contributed by atoms with Crippen LogP contribution in [0.15, 0.2) is 12.1 Å². The van der Waals surface area contributed by atoms with E-state index in [9.17, 15) is 5.11 Å². The summed E-state index contributed by atoms with van der Waals surface area (Å²) >= 11 is 0. The molecule has 2 unspecified atom stereocenters. The summed E-state index contributed by atoms with van der Waals surface area (Å²) in [6.07, 6.45) is 7.32. The Hall–Kier alpha value is -2.39. The van der Waals surface area contributed by atoms with Crippen LogP contribution in [0.3, 0.4) is 0 Å². The largest absolute Gasteiger partial charge is 0.475 e. The topological polar surface area (TPSA) is 117 Å². The number of nitrogens with one attached hydrogen (secondary N) is 3. The van der Waals surface area contributed by atoms with E-state index < -0.39 is 5.60 Å². The molecule has 0 spiro atoms. The third-order valence-corrected chi connectivity index (χ3v) is 7.64. The van der Waals surface area contributed by atoms with E-state index in [0.29, 0.717) is 53.9 Å². The zero-order valence-electron chi connectivity index (χ0n) is 18.5. The van der Waals surface area contributed by atoms with Gasteiger partial charge >= 0.3 is 0 Å². The summed E-state index contributed by atoms with van der Waals surface area (Å²) in [6.45, 7) is 3.25. The Kier molecular flexibility index (Phi) is 4.98. The minimum Gasteiger partial charge on any atom is -0.475 e. The van der Waals surface area contributed by atoms with Crippen LogP contribution in [-0.2, 0) is 4.74 Å². The third kappa shape index (κ3) is 4.03. The number of nitrogens with zero attached hydrogens (tertiary/aromatic N) is 3. The van der Waals surface area contributed by atoms with E-state index in [2.05, 4.69) is 25.8 Å². The molecule has 2 aromatic rings. The first-order valence-electron chi connectivity index (χ1n) is 11.9. The predicted octanol–water partition coefficient (Wildman–Crippen LogP) is 3.16. The summed E-state index contributed by atoms with van der Waals surface area (Å²) in [7, 11) is 0. The van der Waals surface area contributed by atoms with Crippen molar-refractivity contribution in [3.05, 3.63) is 17.8 Å². The molecule has 0 radical (unpaired) electrons. The molecule has 7 rings (SSSR count). The van der Waals surface area contributed by atoms with Crippen molar-refractivity contribution >= 4 is 17.6 Å². The molecule has 0 amide bonds. The van der Waals surface area contributed by atoms with Gasteiger partial charge in [-0.1, -0.05) is 0 Å². The van der Waals surface area contributed by atoms with Crippen LogP contribution in [0.5, 0.6) is 5.88 Å². The van der Waals surface area contributed by atoms with Crippen LogP contribution in [0.2, 0.25) is 0 Å². The molecule has 5 fully saturated rings. The molecule has 4 bridgehead atoms. The summed E-state index contributed by atoms with van der Waals surface area (Å²) in [6, 6.07) is 4.03. The SMILES string of the molecule is Cc1cc(Nc2cc(OC[C@@H]3CCCO3)nc(NC3C4CC5CC3CC(O)(C5)C4)n2)n[nH]1. The number of aliphatic hydroxyl groups is 1. The highest BCUT2D eigenvalue weighted by Gasteiger charge is 2.54. The Bertz CT molecular complexity index is 958. The minimum atomic E-state index is -0.452. The van der Waals surface area contributed by atoms with Crippen molar-refractivity contribution in [1.29, 1.82) is 0 Å². The van der Waals surface area contributed by atoms with Crippen LogP contribution in [-0.4, -0.2) is 56.2 Å². The first kappa shape index (κ1) is 20.2. The molecule has 3 atom stereocenters. The lowest BCUT2D eigenvalue weighted by Crippen LogP contribution is -2.59. The molecule has 5 aliphatic rings. The first-order valence-corrected chi connectivity index (χ1v) is 11.9. The summed E-state index contributed by atoms with van der Waals surface area (Å²) in [5.41, 5.74) is 0.521. The fourth-order valence-corrected chi connectivity index (χ4v) is 6.56. The lowest BCUT2D eigenvalue weighted by Gasteiger charge is -2.58. The summed E-state index contributed by atoms with van der Waals surface area (Å²) in [4.78, 5) is 9.41. The molecule has 32 heavy (non-hydrogen) atoms. The molecule has 9 heteroatoms. The summed E-state index contributed by atoms with van der Waals surface area (Å²) < 4.78 is 11.7. The van der Waals surface area contributed by atoms with Gasteiger partial charge in [-0.25, -0.2) is 0 Å². The maximum atomic E-state index is 10.9. The van der Waals surface area contributed by atoms with Crippen LogP contribution >= 0.6 is 0 Å². The van der Waals surface area contributed by atoms with E-state index in [4.69, 9.17) is 14.5 Å². The number of ether oxygens (including phenoxy) is 2. The van der Waals surface area contributed by atoms with Crippen LogP contribution in [0.25, 0.3) is 0 Å². The Morgan fingerprint density at radius 3 is 2.72 bits per heavy atom. The van der Waals surface area contributed by atoms with Gasteiger partial charge in [-0.15, -0.1) is 0 Å². The zero-order chi connectivity index (χ0) is 21.7. The number of anilines is 3. The number of aryl methyl sites for hydroxylation is 1. The van der Waals surface area contributed by atoms with Gasteiger partial charge in [0.2, 0.25) is 11.8 Å². The first-order chi connectivity index (χ1) is 15.5. The van der Waals surface area contributed by atoms with Crippen molar-refractivity contribution in [3.8, 4) is 5.88 Å².